The third-order valence-corrected chi connectivity index (χ3v) is 3.93. The summed E-state index contributed by atoms with van der Waals surface area (Å²) in [5.74, 6) is 2.32. The third-order valence-electron chi connectivity index (χ3n) is 3.93. The lowest BCUT2D eigenvalue weighted by Gasteiger charge is -2.34. The number of nitrogens with zero attached hydrogens (tertiary/aromatic N) is 4. The quantitative estimate of drug-likeness (QED) is 0.866. The molecule has 20 heavy (non-hydrogen) atoms. The normalized spacial score (nSPS) is 19.4. The highest BCUT2D eigenvalue weighted by Gasteiger charge is 2.23. The maximum Gasteiger partial charge on any atom is 0.247 e. The van der Waals surface area contributed by atoms with Gasteiger partial charge in [-0.2, -0.15) is 10.1 Å². The van der Waals surface area contributed by atoms with Crippen molar-refractivity contribution in [2.75, 3.05) is 23.3 Å². The maximum absolute atomic E-state index is 4.63. The van der Waals surface area contributed by atoms with E-state index in [0.29, 0.717) is 12.0 Å². The summed E-state index contributed by atoms with van der Waals surface area (Å²) in [4.78, 5) is 6.96. The molecule has 1 aliphatic rings. The van der Waals surface area contributed by atoms with Crippen molar-refractivity contribution in [2.24, 2.45) is 5.92 Å². The lowest BCUT2D eigenvalue weighted by molar-refractivity contribution is 0.441. The minimum absolute atomic E-state index is 0.566. The third kappa shape index (κ3) is 4.05. The highest BCUT2D eigenvalue weighted by Crippen LogP contribution is 2.23. The van der Waals surface area contributed by atoms with Crippen molar-refractivity contribution in [3.05, 3.63) is 6.20 Å². The number of hydrogen-bond acceptors (Lipinski definition) is 5. The SMILES string of the molecule is CCC1CCCCN1c1nncc(NCCC(C)C)n1. The average Bonchev–Trinajstić information content (AvgIpc) is 2.47. The first-order valence-corrected chi connectivity index (χ1v) is 7.91. The summed E-state index contributed by atoms with van der Waals surface area (Å²) < 4.78 is 0. The summed E-state index contributed by atoms with van der Waals surface area (Å²) in [6, 6.07) is 0.566. The van der Waals surface area contributed by atoms with Crippen molar-refractivity contribution in [1.82, 2.24) is 15.2 Å². The first-order chi connectivity index (χ1) is 9.70. The van der Waals surface area contributed by atoms with E-state index in [1.165, 1.54) is 19.3 Å². The fraction of sp³-hybridized carbons (Fsp3) is 0.800. The summed E-state index contributed by atoms with van der Waals surface area (Å²) in [6.07, 6.45) is 7.79. The maximum atomic E-state index is 4.63. The number of aromatic nitrogens is 3. The Bertz CT molecular complexity index is 407. The van der Waals surface area contributed by atoms with Crippen LogP contribution in [0.3, 0.4) is 0 Å². The van der Waals surface area contributed by atoms with Crippen LogP contribution in [-0.2, 0) is 0 Å². The molecule has 1 atom stereocenters. The van der Waals surface area contributed by atoms with E-state index in [1.807, 2.05) is 0 Å². The van der Waals surface area contributed by atoms with Gasteiger partial charge in [0, 0.05) is 19.1 Å². The monoisotopic (exact) mass is 277 g/mol. The van der Waals surface area contributed by atoms with Gasteiger partial charge in [-0.3, -0.25) is 0 Å². The van der Waals surface area contributed by atoms with Crippen molar-refractivity contribution >= 4 is 11.8 Å². The van der Waals surface area contributed by atoms with Gasteiger partial charge >= 0.3 is 0 Å². The van der Waals surface area contributed by atoms with Crippen LogP contribution in [0.5, 0.6) is 0 Å². The zero-order valence-electron chi connectivity index (χ0n) is 13.0. The van der Waals surface area contributed by atoms with Gasteiger partial charge in [-0.05, 0) is 38.0 Å². The van der Waals surface area contributed by atoms with Crippen molar-refractivity contribution in [1.29, 1.82) is 0 Å². The van der Waals surface area contributed by atoms with Crippen molar-refractivity contribution in [3.63, 3.8) is 0 Å². The molecule has 1 aromatic heterocycles. The van der Waals surface area contributed by atoms with E-state index < -0.39 is 0 Å². The average molecular weight is 277 g/mol. The van der Waals surface area contributed by atoms with Crippen molar-refractivity contribution in [3.8, 4) is 0 Å². The molecular weight excluding hydrogens is 250 g/mol. The molecule has 5 heteroatoms. The second-order valence-corrected chi connectivity index (χ2v) is 6.00. The molecule has 5 nitrogen and oxygen atoms in total. The van der Waals surface area contributed by atoms with E-state index in [-0.39, 0.29) is 0 Å². The lowest BCUT2D eigenvalue weighted by Crippen LogP contribution is -2.40. The largest absolute Gasteiger partial charge is 0.369 e. The molecule has 1 saturated heterocycles. The first-order valence-electron chi connectivity index (χ1n) is 7.91. The fourth-order valence-electron chi connectivity index (χ4n) is 2.68. The van der Waals surface area contributed by atoms with Crippen LogP contribution in [0.1, 0.15) is 52.9 Å². The van der Waals surface area contributed by atoms with Gasteiger partial charge in [0.15, 0.2) is 5.82 Å². The summed E-state index contributed by atoms with van der Waals surface area (Å²) in [5.41, 5.74) is 0. The Morgan fingerprint density at radius 1 is 1.40 bits per heavy atom. The number of rotatable bonds is 6. The smallest absolute Gasteiger partial charge is 0.247 e. The molecule has 0 amide bonds. The van der Waals surface area contributed by atoms with Gasteiger partial charge in [0.2, 0.25) is 5.95 Å². The molecule has 2 heterocycles. The molecule has 0 bridgehead atoms. The van der Waals surface area contributed by atoms with Crippen LogP contribution in [0.15, 0.2) is 6.20 Å². The Morgan fingerprint density at radius 2 is 2.25 bits per heavy atom. The molecule has 0 saturated carbocycles. The minimum atomic E-state index is 0.566. The van der Waals surface area contributed by atoms with E-state index in [9.17, 15) is 0 Å². The molecule has 112 valence electrons. The zero-order chi connectivity index (χ0) is 14.4. The highest BCUT2D eigenvalue weighted by molar-refractivity contribution is 5.40. The second kappa shape index (κ2) is 7.41. The lowest BCUT2D eigenvalue weighted by atomic mass is 10.0. The Hall–Kier alpha value is -1.39. The van der Waals surface area contributed by atoms with Crippen LogP contribution in [0.2, 0.25) is 0 Å². The van der Waals surface area contributed by atoms with Gasteiger partial charge in [-0.25, -0.2) is 0 Å². The van der Waals surface area contributed by atoms with E-state index in [0.717, 1.165) is 37.7 Å². The van der Waals surface area contributed by atoms with Gasteiger partial charge in [0.1, 0.15) is 0 Å². The van der Waals surface area contributed by atoms with Crippen LogP contribution in [0.4, 0.5) is 11.8 Å². The van der Waals surface area contributed by atoms with E-state index in [2.05, 4.69) is 46.2 Å². The predicted octanol–water partition coefficient (Wildman–Crippen LogP) is 3.10. The van der Waals surface area contributed by atoms with Crippen LogP contribution in [0, 0.1) is 5.92 Å². The van der Waals surface area contributed by atoms with E-state index in [4.69, 9.17) is 0 Å². The zero-order valence-corrected chi connectivity index (χ0v) is 13.0. The number of piperidine rings is 1. The number of hydrogen-bond donors (Lipinski definition) is 1. The predicted molar refractivity (Wildman–Crippen MR) is 83.0 cm³/mol. The molecule has 0 radical (unpaired) electrons. The van der Waals surface area contributed by atoms with Crippen molar-refractivity contribution < 1.29 is 0 Å². The number of nitrogens with one attached hydrogen (secondary N) is 1. The Morgan fingerprint density at radius 3 is 3.00 bits per heavy atom. The number of anilines is 2. The summed E-state index contributed by atoms with van der Waals surface area (Å²) in [5, 5.41) is 11.7. The molecule has 0 spiro atoms. The minimum Gasteiger partial charge on any atom is -0.369 e. The van der Waals surface area contributed by atoms with Gasteiger partial charge in [-0.15, -0.1) is 5.10 Å². The Kier molecular flexibility index (Phi) is 5.56. The second-order valence-electron chi connectivity index (χ2n) is 6.00. The molecule has 0 aromatic carbocycles. The summed E-state index contributed by atoms with van der Waals surface area (Å²) in [7, 11) is 0. The molecule has 1 fully saturated rings. The Balaban J connectivity index is 2.00. The topological polar surface area (TPSA) is 53.9 Å². The first kappa shape index (κ1) is 15.0. The molecule has 1 N–H and O–H groups in total. The summed E-state index contributed by atoms with van der Waals surface area (Å²) >= 11 is 0. The fourth-order valence-corrected chi connectivity index (χ4v) is 2.68. The van der Waals surface area contributed by atoms with Gasteiger partial charge in [0.05, 0.1) is 6.20 Å². The molecule has 1 aromatic rings. The van der Waals surface area contributed by atoms with Gasteiger partial charge in [0.25, 0.3) is 0 Å². The molecule has 2 rings (SSSR count). The van der Waals surface area contributed by atoms with Crippen LogP contribution in [0.25, 0.3) is 0 Å². The Labute approximate surface area is 122 Å². The highest BCUT2D eigenvalue weighted by atomic mass is 15.3. The molecule has 0 aliphatic carbocycles. The molecule has 1 aliphatic heterocycles. The van der Waals surface area contributed by atoms with Gasteiger partial charge < -0.3 is 10.2 Å². The van der Waals surface area contributed by atoms with Gasteiger partial charge in [-0.1, -0.05) is 20.8 Å². The van der Waals surface area contributed by atoms with Crippen molar-refractivity contribution in [2.45, 2.75) is 58.9 Å². The van der Waals surface area contributed by atoms with Crippen LogP contribution >= 0.6 is 0 Å². The van der Waals surface area contributed by atoms with Crippen LogP contribution in [-0.4, -0.2) is 34.3 Å². The van der Waals surface area contributed by atoms with E-state index in [1.54, 1.807) is 6.20 Å². The summed E-state index contributed by atoms with van der Waals surface area (Å²) in [6.45, 7) is 8.68. The standard InChI is InChI=1S/C15H27N5/c1-4-13-7-5-6-10-20(13)15-18-14(11-17-19-15)16-9-8-12(2)3/h11-13H,4-10H2,1-3H3,(H,16,18,19). The van der Waals surface area contributed by atoms with Crippen LogP contribution < -0.4 is 10.2 Å². The van der Waals surface area contributed by atoms with E-state index >= 15 is 0 Å². The molecular formula is C15H27N5. The molecule has 1 unspecified atom stereocenters.